The van der Waals surface area contributed by atoms with Gasteiger partial charge in [-0.05, 0) is 30.2 Å². The molecule has 2 N–H and O–H groups in total. The Morgan fingerprint density at radius 3 is 2.69 bits per heavy atom. The number of para-hydroxylation sites is 2. The third-order valence-electron chi connectivity index (χ3n) is 4.01. The zero-order valence-electron chi connectivity index (χ0n) is 14.7. The Labute approximate surface area is 175 Å². The molecule has 2 heterocycles. The molecule has 8 heteroatoms. The Morgan fingerprint density at radius 2 is 2.00 bits per heavy atom. The fourth-order valence-electron chi connectivity index (χ4n) is 2.62. The molecule has 0 bridgehead atoms. The highest BCUT2D eigenvalue weighted by atomic mass is 127. The Morgan fingerprint density at radius 1 is 1.19 bits per heavy atom. The van der Waals surface area contributed by atoms with Gasteiger partial charge in [-0.1, -0.05) is 29.8 Å². The lowest BCUT2D eigenvalue weighted by atomic mass is 10.2. The van der Waals surface area contributed by atoms with Crippen LogP contribution in [0.1, 0.15) is 11.4 Å². The molecule has 138 valence electrons. The highest BCUT2D eigenvalue weighted by Gasteiger charge is 2.07. The van der Waals surface area contributed by atoms with E-state index >= 15 is 0 Å². The van der Waals surface area contributed by atoms with E-state index in [1.54, 1.807) is 19.3 Å². The Hall–Kier alpha value is -1.87. The average molecular weight is 485 g/mol. The van der Waals surface area contributed by atoms with E-state index < -0.39 is 0 Å². The molecular formula is C18H22ClIN6. The van der Waals surface area contributed by atoms with Gasteiger partial charge in [0, 0.05) is 26.8 Å². The number of rotatable bonds is 5. The van der Waals surface area contributed by atoms with Crippen LogP contribution in [0, 0.1) is 0 Å². The summed E-state index contributed by atoms with van der Waals surface area (Å²) in [6.45, 7) is 1.36. The largest absolute Gasteiger partial charge is 0.356 e. The van der Waals surface area contributed by atoms with Crippen molar-refractivity contribution in [1.29, 1.82) is 0 Å². The summed E-state index contributed by atoms with van der Waals surface area (Å²) < 4.78 is 2.09. The summed E-state index contributed by atoms with van der Waals surface area (Å²) in [5, 5.41) is 7.11. The van der Waals surface area contributed by atoms with Crippen LogP contribution in [-0.2, 0) is 20.0 Å². The van der Waals surface area contributed by atoms with Gasteiger partial charge in [0.25, 0.3) is 0 Å². The lowest BCUT2D eigenvalue weighted by Crippen LogP contribution is -2.38. The molecule has 3 aromatic rings. The molecule has 2 aromatic heterocycles. The van der Waals surface area contributed by atoms with Crippen LogP contribution in [-0.4, -0.2) is 34.1 Å². The van der Waals surface area contributed by atoms with Crippen molar-refractivity contribution >= 4 is 52.6 Å². The number of imidazole rings is 1. The zero-order chi connectivity index (χ0) is 17.6. The molecular weight excluding hydrogens is 463 g/mol. The van der Waals surface area contributed by atoms with Crippen molar-refractivity contribution in [3.8, 4) is 0 Å². The molecule has 26 heavy (non-hydrogen) atoms. The maximum atomic E-state index is 5.80. The van der Waals surface area contributed by atoms with Crippen molar-refractivity contribution in [2.45, 2.75) is 13.0 Å². The fraction of sp³-hybridized carbons (Fsp3) is 0.278. The standard InChI is InChI=1S/C18H21ClN6.HI/c1-20-18(21-10-9-13-7-8-16(19)22-11-13)23-12-17-24-14-5-3-4-6-15(14)25(17)2;/h3-8,11H,9-10,12H2,1-2H3,(H2,20,21,23);1H. The lowest BCUT2D eigenvalue weighted by molar-refractivity contribution is 0.733. The maximum absolute atomic E-state index is 5.80. The number of hydrogen-bond donors (Lipinski definition) is 2. The first-order valence-electron chi connectivity index (χ1n) is 8.12. The topological polar surface area (TPSA) is 67.1 Å². The normalized spacial score (nSPS) is 11.3. The molecule has 6 nitrogen and oxygen atoms in total. The Kier molecular flexibility index (Phi) is 7.65. The number of halogens is 2. The minimum absolute atomic E-state index is 0. The number of guanidine groups is 1. The summed E-state index contributed by atoms with van der Waals surface area (Å²) in [5.74, 6) is 1.71. The average Bonchev–Trinajstić information content (AvgIpc) is 2.96. The lowest BCUT2D eigenvalue weighted by Gasteiger charge is -2.11. The number of nitrogens with zero attached hydrogens (tertiary/aromatic N) is 4. The second-order valence-electron chi connectivity index (χ2n) is 5.67. The number of nitrogens with one attached hydrogen (secondary N) is 2. The highest BCUT2D eigenvalue weighted by Crippen LogP contribution is 2.13. The monoisotopic (exact) mass is 484 g/mol. The molecule has 0 saturated carbocycles. The third-order valence-corrected chi connectivity index (χ3v) is 4.24. The first kappa shape index (κ1) is 20.4. The van der Waals surface area contributed by atoms with Crippen LogP contribution in [0.4, 0.5) is 0 Å². The molecule has 0 spiro atoms. The Balaban J connectivity index is 0.00000243. The molecule has 0 aliphatic carbocycles. The summed E-state index contributed by atoms with van der Waals surface area (Å²) in [7, 11) is 3.78. The number of benzene rings is 1. The number of hydrogen-bond acceptors (Lipinski definition) is 3. The van der Waals surface area contributed by atoms with Crippen LogP contribution in [0.5, 0.6) is 0 Å². The minimum atomic E-state index is 0. The molecule has 1 aromatic carbocycles. The summed E-state index contributed by atoms with van der Waals surface area (Å²) in [6, 6.07) is 11.9. The van der Waals surface area contributed by atoms with Crippen LogP contribution in [0.25, 0.3) is 11.0 Å². The predicted octanol–water partition coefficient (Wildman–Crippen LogP) is 3.15. The molecule has 3 rings (SSSR count). The van der Waals surface area contributed by atoms with E-state index in [9.17, 15) is 0 Å². The van der Waals surface area contributed by atoms with Gasteiger partial charge in [-0.15, -0.1) is 24.0 Å². The van der Waals surface area contributed by atoms with Crippen molar-refractivity contribution in [2.24, 2.45) is 12.0 Å². The minimum Gasteiger partial charge on any atom is -0.356 e. The van der Waals surface area contributed by atoms with Crippen LogP contribution in [0.2, 0.25) is 5.15 Å². The number of pyridine rings is 1. The van der Waals surface area contributed by atoms with E-state index in [0.29, 0.717) is 11.7 Å². The number of aliphatic imine (C=N–C) groups is 1. The van der Waals surface area contributed by atoms with Gasteiger partial charge in [0.05, 0.1) is 17.6 Å². The van der Waals surface area contributed by atoms with Crippen molar-refractivity contribution in [3.63, 3.8) is 0 Å². The first-order chi connectivity index (χ1) is 12.2. The second kappa shape index (κ2) is 9.72. The van der Waals surface area contributed by atoms with Crippen LogP contribution < -0.4 is 10.6 Å². The van der Waals surface area contributed by atoms with Gasteiger partial charge >= 0.3 is 0 Å². The fourth-order valence-corrected chi connectivity index (χ4v) is 2.73. The van der Waals surface area contributed by atoms with Crippen LogP contribution >= 0.6 is 35.6 Å². The molecule has 0 aliphatic heterocycles. The van der Waals surface area contributed by atoms with Gasteiger partial charge in [0.15, 0.2) is 5.96 Å². The van der Waals surface area contributed by atoms with Gasteiger partial charge in [-0.3, -0.25) is 4.99 Å². The SMILES string of the molecule is CN=C(NCCc1ccc(Cl)nc1)NCc1nc2ccccc2n1C.I. The van der Waals surface area contributed by atoms with Gasteiger partial charge in [0.1, 0.15) is 11.0 Å². The molecule has 0 radical (unpaired) electrons. The molecule has 0 fully saturated rings. The van der Waals surface area contributed by atoms with E-state index in [1.807, 2.05) is 31.3 Å². The molecule has 0 amide bonds. The smallest absolute Gasteiger partial charge is 0.191 e. The maximum Gasteiger partial charge on any atom is 0.191 e. The van der Waals surface area contributed by atoms with Crippen LogP contribution in [0.3, 0.4) is 0 Å². The summed E-state index contributed by atoms with van der Waals surface area (Å²) in [5.41, 5.74) is 3.25. The third kappa shape index (κ3) is 5.07. The van der Waals surface area contributed by atoms with E-state index in [2.05, 4.69) is 36.2 Å². The van der Waals surface area contributed by atoms with Gasteiger partial charge in [-0.2, -0.15) is 0 Å². The van der Waals surface area contributed by atoms with Crippen molar-refractivity contribution < 1.29 is 0 Å². The Bertz CT molecular complexity index is 875. The van der Waals surface area contributed by atoms with E-state index in [0.717, 1.165) is 41.3 Å². The first-order valence-corrected chi connectivity index (χ1v) is 8.50. The highest BCUT2D eigenvalue weighted by molar-refractivity contribution is 14.0. The second-order valence-corrected chi connectivity index (χ2v) is 6.05. The summed E-state index contributed by atoms with van der Waals surface area (Å²) in [6.07, 6.45) is 2.64. The summed E-state index contributed by atoms with van der Waals surface area (Å²) in [4.78, 5) is 13.0. The molecule has 0 aliphatic rings. The van der Waals surface area contributed by atoms with E-state index in [4.69, 9.17) is 11.6 Å². The number of aromatic nitrogens is 3. The molecule has 0 atom stereocenters. The van der Waals surface area contributed by atoms with Crippen molar-refractivity contribution in [1.82, 2.24) is 25.2 Å². The predicted molar refractivity (Wildman–Crippen MR) is 117 cm³/mol. The van der Waals surface area contributed by atoms with Crippen molar-refractivity contribution in [3.05, 3.63) is 59.1 Å². The molecule has 0 unspecified atom stereocenters. The zero-order valence-corrected chi connectivity index (χ0v) is 17.8. The van der Waals surface area contributed by atoms with E-state index in [-0.39, 0.29) is 24.0 Å². The quantitative estimate of drug-likeness (QED) is 0.253. The van der Waals surface area contributed by atoms with Gasteiger partial charge < -0.3 is 15.2 Å². The van der Waals surface area contributed by atoms with Gasteiger partial charge in [-0.25, -0.2) is 9.97 Å². The van der Waals surface area contributed by atoms with Crippen LogP contribution in [0.15, 0.2) is 47.6 Å². The van der Waals surface area contributed by atoms with E-state index in [1.165, 1.54) is 0 Å². The number of aryl methyl sites for hydroxylation is 1. The van der Waals surface area contributed by atoms with Gasteiger partial charge in [0.2, 0.25) is 0 Å². The van der Waals surface area contributed by atoms with Crippen molar-refractivity contribution in [2.75, 3.05) is 13.6 Å². The number of fused-ring (bicyclic) bond motifs is 1. The summed E-state index contributed by atoms with van der Waals surface area (Å²) >= 11 is 5.80. The molecule has 0 saturated heterocycles.